The van der Waals surface area contributed by atoms with Crippen molar-refractivity contribution in [2.24, 2.45) is 5.16 Å². The first-order valence-corrected chi connectivity index (χ1v) is 10.1. The third-order valence-electron chi connectivity index (χ3n) is 4.74. The van der Waals surface area contributed by atoms with Gasteiger partial charge in [0.05, 0.1) is 12.7 Å². The first kappa shape index (κ1) is 32.4. The molecular formula is C18H20F9N5O6. The first-order valence-electron chi connectivity index (χ1n) is 10.1. The minimum Gasteiger partial charge on any atom is -0.475 e. The van der Waals surface area contributed by atoms with Gasteiger partial charge in [-0.15, -0.1) is 0 Å². The van der Waals surface area contributed by atoms with E-state index in [-0.39, 0.29) is 18.3 Å². The maximum absolute atomic E-state index is 12.6. The molecule has 0 saturated carbocycles. The normalized spacial score (nSPS) is 19.8. The van der Waals surface area contributed by atoms with Gasteiger partial charge in [0.15, 0.2) is 5.60 Å². The molecule has 0 bridgehead atoms. The standard InChI is InChI=1S/C14H18F3N5O2.2C2HF3O2/c1-18-12(23)9-5-13(24-21-9)3-2-4-22(8-13)7-11-19-6-10(20-11)14(15,16)17;2*3-2(4,5)1(6)7/h6H,2-5,7-8H2,1H3,(H,18,23)(H,19,20);2*(H,6,7). The second-order valence-corrected chi connectivity index (χ2v) is 7.73. The van der Waals surface area contributed by atoms with Gasteiger partial charge in [0.2, 0.25) is 0 Å². The Balaban J connectivity index is 0.000000426. The summed E-state index contributed by atoms with van der Waals surface area (Å²) in [4.78, 5) is 43.0. The van der Waals surface area contributed by atoms with E-state index >= 15 is 0 Å². The summed E-state index contributed by atoms with van der Waals surface area (Å²) >= 11 is 0. The van der Waals surface area contributed by atoms with Gasteiger partial charge in [-0.2, -0.15) is 39.5 Å². The van der Waals surface area contributed by atoms with Crippen molar-refractivity contribution >= 4 is 23.6 Å². The number of rotatable bonds is 3. The van der Waals surface area contributed by atoms with Crippen LogP contribution in [0.1, 0.15) is 30.8 Å². The number of hydrogen-bond donors (Lipinski definition) is 4. The highest BCUT2D eigenvalue weighted by Crippen LogP contribution is 2.34. The maximum Gasteiger partial charge on any atom is 0.490 e. The summed E-state index contributed by atoms with van der Waals surface area (Å²) in [5.74, 6) is -5.53. The highest BCUT2D eigenvalue weighted by atomic mass is 19.4. The monoisotopic (exact) mass is 573 g/mol. The molecule has 1 aromatic heterocycles. The van der Waals surface area contributed by atoms with Crippen LogP contribution in [0.15, 0.2) is 11.4 Å². The van der Waals surface area contributed by atoms with Crippen LogP contribution < -0.4 is 5.32 Å². The Morgan fingerprint density at radius 1 is 1.08 bits per heavy atom. The van der Waals surface area contributed by atoms with Crippen LogP contribution in [0.3, 0.4) is 0 Å². The van der Waals surface area contributed by atoms with E-state index in [1.54, 1.807) is 0 Å². The van der Waals surface area contributed by atoms with Gasteiger partial charge in [-0.25, -0.2) is 14.6 Å². The van der Waals surface area contributed by atoms with Gasteiger partial charge in [-0.1, -0.05) is 5.16 Å². The number of hydrogen-bond acceptors (Lipinski definition) is 7. The molecule has 1 atom stereocenters. The van der Waals surface area contributed by atoms with Crippen LogP contribution in [-0.2, 0) is 31.9 Å². The lowest BCUT2D eigenvalue weighted by Crippen LogP contribution is -2.48. The molecule has 1 amide bonds. The SMILES string of the molecule is CNC(=O)C1=NOC2(CCCN(Cc3ncc(C(F)(F)F)[nH]3)C2)C1.O=C(O)C(F)(F)F.O=C(O)C(F)(F)F. The number of alkyl halides is 9. The fourth-order valence-corrected chi connectivity index (χ4v) is 3.13. The number of carboxylic acid groups (broad SMARTS) is 2. The van der Waals surface area contributed by atoms with Crippen molar-refractivity contribution in [3.63, 3.8) is 0 Å². The number of piperidine rings is 1. The zero-order chi connectivity index (χ0) is 29.5. The number of carboxylic acids is 2. The topological polar surface area (TPSA) is 157 Å². The fraction of sp³-hybridized carbons (Fsp3) is 0.611. The van der Waals surface area contributed by atoms with Gasteiger partial charge < -0.3 is 25.4 Å². The number of nitrogens with zero attached hydrogens (tertiary/aromatic N) is 3. The number of nitrogens with one attached hydrogen (secondary N) is 2. The molecular weight excluding hydrogens is 553 g/mol. The Morgan fingerprint density at radius 2 is 1.61 bits per heavy atom. The van der Waals surface area contributed by atoms with E-state index in [0.717, 1.165) is 25.6 Å². The number of halogens is 9. The molecule has 1 spiro atoms. The number of H-pyrrole nitrogens is 1. The van der Waals surface area contributed by atoms with Crippen LogP contribution in [0.5, 0.6) is 0 Å². The van der Waals surface area contributed by atoms with Crippen LogP contribution in [0.2, 0.25) is 0 Å². The van der Waals surface area contributed by atoms with E-state index < -0.39 is 41.8 Å². The van der Waals surface area contributed by atoms with E-state index in [4.69, 9.17) is 24.6 Å². The van der Waals surface area contributed by atoms with E-state index in [9.17, 15) is 44.3 Å². The van der Waals surface area contributed by atoms with E-state index in [2.05, 4.69) is 20.4 Å². The summed E-state index contributed by atoms with van der Waals surface area (Å²) in [5.41, 5.74) is -1.09. The summed E-state index contributed by atoms with van der Waals surface area (Å²) in [7, 11) is 1.53. The third kappa shape index (κ3) is 10.1. The summed E-state index contributed by atoms with van der Waals surface area (Å²) < 4.78 is 101. The largest absolute Gasteiger partial charge is 0.490 e. The molecule has 3 heterocycles. The Morgan fingerprint density at radius 3 is 2.03 bits per heavy atom. The number of carbonyl (C=O) groups is 3. The summed E-state index contributed by atoms with van der Waals surface area (Å²) in [6, 6.07) is 0. The zero-order valence-corrected chi connectivity index (χ0v) is 19.1. The molecule has 1 aromatic rings. The molecule has 3 rings (SSSR count). The summed E-state index contributed by atoms with van der Waals surface area (Å²) in [6.07, 6.45) is -11.8. The second kappa shape index (κ2) is 12.3. The van der Waals surface area contributed by atoms with E-state index in [1.807, 2.05) is 4.90 Å². The molecule has 38 heavy (non-hydrogen) atoms. The fourth-order valence-electron chi connectivity index (χ4n) is 3.13. The number of aliphatic carboxylic acids is 2. The minimum absolute atomic E-state index is 0.254. The lowest BCUT2D eigenvalue weighted by molar-refractivity contribution is -0.193. The number of imidazole rings is 1. The maximum atomic E-state index is 12.6. The lowest BCUT2D eigenvalue weighted by atomic mass is 9.88. The molecule has 2 aliphatic rings. The molecule has 216 valence electrons. The van der Waals surface area contributed by atoms with Crippen molar-refractivity contribution < 1.29 is 68.9 Å². The predicted octanol–water partition coefficient (Wildman–Crippen LogP) is 2.55. The number of aromatic nitrogens is 2. The van der Waals surface area contributed by atoms with Crippen LogP contribution in [0, 0.1) is 0 Å². The van der Waals surface area contributed by atoms with E-state index in [1.165, 1.54) is 7.05 Å². The van der Waals surface area contributed by atoms with Crippen molar-refractivity contribution in [1.29, 1.82) is 0 Å². The summed E-state index contributed by atoms with van der Waals surface area (Å²) in [6.45, 7) is 1.47. The van der Waals surface area contributed by atoms with E-state index in [0.29, 0.717) is 18.7 Å². The number of oxime groups is 1. The van der Waals surface area contributed by atoms with Crippen molar-refractivity contribution in [3.05, 3.63) is 17.7 Å². The smallest absolute Gasteiger partial charge is 0.475 e. The average molecular weight is 573 g/mol. The van der Waals surface area contributed by atoms with Crippen LogP contribution >= 0.6 is 0 Å². The molecule has 11 nitrogen and oxygen atoms in total. The Labute approximate surface area is 206 Å². The number of likely N-dealkylation sites (tertiary alicyclic amines) is 1. The van der Waals surface area contributed by atoms with Gasteiger partial charge in [0.1, 0.15) is 17.2 Å². The molecule has 20 heteroatoms. The van der Waals surface area contributed by atoms with Crippen LogP contribution in [0.4, 0.5) is 39.5 Å². The van der Waals surface area contributed by atoms with Crippen LogP contribution in [0.25, 0.3) is 0 Å². The van der Waals surface area contributed by atoms with Crippen molar-refractivity contribution in [2.75, 3.05) is 20.1 Å². The second-order valence-electron chi connectivity index (χ2n) is 7.73. The number of carbonyl (C=O) groups excluding carboxylic acids is 1. The summed E-state index contributed by atoms with van der Waals surface area (Å²) in [5, 5.41) is 20.6. The van der Waals surface area contributed by atoms with Crippen molar-refractivity contribution in [2.45, 2.75) is 49.9 Å². The van der Waals surface area contributed by atoms with Gasteiger partial charge in [-0.3, -0.25) is 9.69 Å². The van der Waals surface area contributed by atoms with Gasteiger partial charge in [0.25, 0.3) is 5.91 Å². The quantitative estimate of drug-likeness (QED) is 0.402. The van der Waals surface area contributed by atoms with Crippen molar-refractivity contribution in [3.8, 4) is 0 Å². The third-order valence-corrected chi connectivity index (χ3v) is 4.74. The molecule has 0 aliphatic carbocycles. The zero-order valence-electron chi connectivity index (χ0n) is 19.1. The molecule has 1 unspecified atom stereocenters. The Kier molecular flexibility index (Phi) is 10.5. The van der Waals surface area contributed by atoms with Gasteiger partial charge in [0, 0.05) is 20.0 Å². The van der Waals surface area contributed by atoms with Gasteiger partial charge >= 0.3 is 30.5 Å². The molecule has 1 saturated heterocycles. The molecule has 0 radical (unpaired) electrons. The van der Waals surface area contributed by atoms with Gasteiger partial charge in [-0.05, 0) is 19.4 Å². The molecule has 2 aliphatic heterocycles. The lowest BCUT2D eigenvalue weighted by Gasteiger charge is -2.37. The Hall–Kier alpha value is -3.58. The van der Waals surface area contributed by atoms with Crippen LogP contribution in [-0.4, -0.2) is 86.7 Å². The highest BCUT2D eigenvalue weighted by molar-refractivity contribution is 6.39. The van der Waals surface area contributed by atoms with Crippen molar-refractivity contribution in [1.82, 2.24) is 20.2 Å². The number of aromatic amines is 1. The molecule has 0 aromatic carbocycles. The Bertz CT molecular complexity index is 998. The highest BCUT2D eigenvalue weighted by Gasteiger charge is 2.44. The average Bonchev–Trinajstić information content (AvgIpc) is 3.40. The minimum atomic E-state index is -5.08. The number of amides is 1. The predicted molar refractivity (Wildman–Crippen MR) is 105 cm³/mol. The first-order chi connectivity index (χ1) is 17.2. The molecule has 4 N–H and O–H groups in total. The molecule has 1 fully saturated rings.